The predicted molar refractivity (Wildman–Crippen MR) is 82.5 cm³/mol. The second-order valence-corrected chi connectivity index (χ2v) is 5.70. The highest BCUT2D eigenvalue weighted by atomic mass is 35.5. The highest BCUT2D eigenvalue weighted by molar-refractivity contribution is 6.36. The van der Waals surface area contributed by atoms with Gasteiger partial charge < -0.3 is 5.32 Å². The van der Waals surface area contributed by atoms with Crippen LogP contribution in [0.3, 0.4) is 0 Å². The van der Waals surface area contributed by atoms with Gasteiger partial charge in [-0.1, -0.05) is 53.5 Å². The molecule has 104 valence electrons. The van der Waals surface area contributed by atoms with Crippen LogP contribution in [0, 0.1) is 0 Å². The van der Waals surface area contributed by atoms with Crippen LogP contribution in [-0.2, 0) is 6.54 Å². The molecule has 1 fully saturated rings. The van der Waals surface area contributed by atoms with Gasteiger partial charge in [0.25, 0.3) is 0 Å². The molecule has 2 nitrogen and oxygen atoms in total. The van der Waals surface area contributed by atoms with Gasteiger partial charge >= 0.3 is 0 Å². The third-order valence-corrected chi connectivity index (χ3v) is 4.05. The average Bonchev–Trinajstić information content (AvgIpc) is 2.46. The van der Waals surface area contributed by atoms with E-state index >= 15 is 0 Å². The van der Waals surface area contributed by atoms with E-state index in [0.717, 1.165) is 13.1 Å². The van der Waals surface area contributed by atoms with Crippen LogP contribution < -0.4 is 5.32 Å². The van der Waals surface area contributed by atoms with Crippen LogP contribution in [0.15, 0.2) is 40.9 Å². The largest absolute Gasteiger partial charge is 0.308 e. The number of hydrogen-bond acceptors (Lipinski definition) is 2. The molecule has 1 unspecified atom stereocenters. The maximum atomic E-state index is 5.90. The first-order chi connectivity index (χ1) is 9.28. The third-order valence-electron chi connectivity index (χ3n) is 3.43. The van der Waals surface area contributed by atoms with E-state index in [-0.39, 0.29) is 0 Å². The SMILES string of the molecule is ClC=C(Cl)CNC1CCCN(Cc2ccccc2)C1. The van der Waals surface area contributed by atoms with E-state index in [1.165, 1.54) is 30.5 Å². The van der Waals surface area contributed by atoms with Crippen LogP contribution in [0.2, 0.25) is 0 Å². The first kappa shape index (κ1) is 14.9. The zero-order chi connectivity index (χ0) is 13.5. The highest BCUT2D eigenvalue weighted by Crippen LogP contribution is 2.14. The van der Waals surface area contributed by atoms with Crippen LogP contribution in [0.25, 0.3) is 0 Å². The van der Waals surface area contributed by atoms with Crippen molar-refractivity contribution < 1.29 is 0 Å². The fourth-order valence-corrected chi connectivity index (χ4v) is 2.64. The fourth-order valence-electron chi connectivity index (χ4n) is 2.49. The molecule has 2 rings (SSSR count). The van der Waals surface area contributed by atoms with Gasteiger partial charge in [-0.15, -0.1) is 0 Å². The zero-order valence-corrected chi connectivity index (χ0v) is 12.5. The van der Waals surface area contributed by atoms with Crippen LogP contribution in [0.1, 0.15) is 18.4 Å². The van der Waals surface area contributed by atoms with Crippen molar-refractivity contribution in [3.63, 3.8) is 0 Å². The molecule has 4 heteroatoms. The molecule has 1 aliphatic rings. The van der Waals surface area contributed by atoms with E-state index in [1.54, 1.807) is 0 Å². The standard InChI is InChI=1S/C15H20Cl2N2/c16-9-14(17)10-18-15-7-4-8-19(12-15)11-13-5-2-1-3-6-13/h1-3,5-6,9,15,18H,4,7-8,10-12H2. The molecule has 1 aromatic rings. The molecule has 1 saturated heterocycles. The van der Waals surface area contributed by atoms with E-state index in [4.69, 9.17) is 23.2 Å². The van der Waals surface area contributed by atoms with Crippen molar-refractivity contribution in [1.29, 1.82) is 0 Å². The molecule has 0 spiro atoms. The van der Waals surface area contributed by atoms with Crippen molar-refractivity contribution in [2.75, 3.05) is 19.6 Å². The van der Waals surface area contributed by atoms with Crippen molar-refractivity contribution in [3.05, 3.63) is 46.5 Å². The number of hydrogen-bond donors (Lipinski definition) is 1. The fraction of sp³-hybridized carbons (Fsp3) is 0.467. The van der Waals surface area contributed by atoms with E-state index in [1.807, 2.05) is 0 Å². The Bertz CT molecular complexity index is 406. The molecule has 1 heterocycles. The summed E-state index contributed by atoms with van der Waals surface area (Å²) in [5, 5.41) is 4.13. The number of rotatable bonds is 5. The van der Waals surface area contributed by atoms with Gasteiger partial charge in [-0.05, 0) is 24.9 Å². The lowest BCUT2D eigenvalue weighted by molar-refractivity contribution is 0.185. The quantitative estimate of drug-likeness (QED) is 0.894. The van der Waals surface area contributed by atoms with Crippen LogP contribution in [0.4, 0.5) is 0 Å². The van der Waals surface area contributed by atoms with Crippen LogP contribution in [-0.4, -0.2) is 30.6 Å². The second kappa shape index (κ2) is 7.91. The molecular weight excluding hydrogens is 279 g/mol. The Kier molecular flexibility index (Phi) is 6.18. The Hall–Kier alpha value is -0.540. The number of likely N-dealkylation sites (tertiary alicyclic amines) is 1. The summed E-state index contributed by atoms with van der Waals surface area (Å²) in [5.74, 6) is 0. The first-order valence-corrected chi connectivity index (χ1v) is 7.54. The summed E-state index contributed by atoms with van der Waals surface area (Å²) in [6.07, 6.45) is 2.43. The van der Waals surface area contributed by atoms with Gasteiger partial charge in [0.1, 0.15) is 0 Å². The number of halogens is 2. The summed E-state index contributed by atoms with van der Waals surface area (Å²) in [6, 6.07) is 11.1. The van der Waals surface area contributed by atoms with Crippen LogP contribution in [0.5, 0.6) is 0 Å². The number of nitrogens with zero attached hydrogens (tertiary/aromatic N) is 1. The van der Waals surface area contributed by atoms with Crippen molar-refractivity contribution in [2.45, 2.75) is 25.4 Å². The molecule has 0 bridgehead atoms. The Morgan fingerprint density at radius 2 is 2.16 bits per heavy atom. The van der Waals surface area contributed by atoms with Crippen molar-refractivity contribution >= 4 is 23.2 Å². The lowest BCUT2D eigenvalue weighted by atomic mass is 10.0. The molecule has 0 aromatic heterocycles. The predicted octanol–water partition coefficient (Wildman–Crippen LogP) is 3.56. The number of piperidine rings is 1. The van der Waals surface area contributed by atoms with Gasteiger partial charge in [-0.3, -0.25) is 4.90 Å². The summed E-state index contributed by atoms with van der Waals surface area (Å²) in [6.45, 7) is 3.93. The van der Waals surface area contributed by atoms with Crippen molar-refractivity contribution in [3.8, 4) is 0 Å². The monoisotopic (exact) mass is 298 g/mol. The van der Waals surface area contributed by atoms with Gasteiger partial charge in [0.15, 0.2) is 0 Å². The average molecular weight is 299 g/mol. The molecule has 1 aromatic carbocycles. The first-order valence-electron chi connectivity index (χ1n) is 6.72. The molecule has 0 aliphatic carbocycles. The molecular formula is C15H20Cl2N2. The summed E-state index contributed by atoms with van der Waals surface area (Å²) >= 11 is 11.5. The Labute approximate surface area is 125 Å². The topological polar surface area (TPSA) is 15.3 Å². The summed E-state index contributed by atoms with van der Waals surface area (Å²) in [4.78, 5) is 2.49. The summed E-state index contributed by atoms with van der Waals surface area (Å²) in [7, 11) is 0. The van der Waals surface area contributed by atoms with Gasteiger partial charge in [-0.2, -0.15) is 0 Å². The van der Waals surface area contributed by atoms with Crippen LogP contribution >= 0.6 is 23.2 Å². The van der Waals surface area contributed by atoms with Gasteiger partial charge in [0, 0.05) is 36.2 Å². The minimum Gasteiger partial charge on any atom is -0.308 e. The molecule has 19 heavy (non-hydrogen) atoms. The maximum absolute atomic E-state index is 5.90. The highest BCUT2D eigenvalue weighted by Gasteiger charge is 2.19. The number of benzene rings is 1. The van der Waals surface area contributed by atoms with Gasteiger partial charge in [-0.25, -0.2) is 0 Å². The Balaban J connectivity index is 1.80. The normalized spacial score (nSPS) is 21.6. The summed E-state index contributed by atoms with van der Waals surface area (Å²) < 4.78 is 0. The van der Waals surface area contributed by atoms with E-state index in [0.29, 0.717) is 17.6 Å². The molecule has 0 radical (unpaired) electrons. The molecule has 1 aliphatic heterocycles. The molecule has 1 atom stereocenters. The smallest absolute Gasteiger partial charge is 0.0432 e. The van der Waals surface area contributed by atoms with Gasteiger partial charge in [0.2, 0.25) is 0 Å². The molecule has 1 N–H and O–H groups in total. The van der Waals surface area contributed by atoms with Gasteiger partial charge in [0.05, 0.1) is 0 Å². The number of nitrogens with one attached hydrogen (secondary N) is 1. The Morgan fingerprint density at radius 1 is 1.37 bits per heavy atom. The second-order valence-electron chi connectivity index (χ2n) is 5.00. The lowest BCUT2D eigenvalue weighted by Gasteiger charge is -2.33. The summed E-state index contributed by atoms with van der Waals surface area (Å²) in [5.41, 5.74) is 2.81. The van der Waals surface area contributed by atoms with Crippen molar-refractivity contribution in [2.24, 2.45) is 0 Å². The van der Waals surface area contributed by atoms with E-state index in [9.17, 15) is 0 Å². The van der Waals surface area contributed by atoms with E-state index < -0.39 is 0 Å². The van der Waals surface area contributed by atoms with E-state index in [2.05, 4.69) is 40.5 Å². The Morgan fingerprint density at radius 3 is 2.89 bits per heavy atom. The molecule has 0 saturated carbocycles. The molecule has 0 amide bonds. The lowest BCUT2D eigenvalue weighted by Crippen LogP contribution is -2.45. The minimum absolute atomic E-state index is 0.503. The maximum Gasteiger partial charge on any atom is 0.0432 e. The zero-order valence-electron chi connectivity index (χ0n) is 11.0. The minimum atomic E-state index is 0.503. The third kappa shape index (κ3) is 5.15. The van der Waals surface area contributed by atoms with Crippen molar-refractivity contribution in [1.82, 2.24) is 10.2 Å².